The van der Waals surface area contributed by atoms with Gasteiger partial charge in [0.05, 0.1) is 11.8 Å². The van der Waals surface area contributed by atoms with Crippen LogP contribution in [0, 0.1) is 0 Å². The Hall–Kier alpha value is -1.49. The zero-order valence-electron chi connectivity index (χ0n) is 10.1. The Morgan fingerprint density at radius 1 is 1.56 bits per heavy atom. The molecule has 1 saturated heterocycles. The van der Waals surface area contributed by atoms with Crippen molar-refractivity contribution < 1.29 is 9.32 Å². The Morgan fingerprint density at radius 3 is 3.17 bits per heavy atom. The monoisotopic (exact) mass is 262 g/mol. The predicted octanol–water partition coefficient (Wildman–Crippen LogP) is 2.29. The molecular weight excluding hydrogens is 248 g/mol. The van der Waals surface area contributed by atoms with Crippen LogP contribution in [0.4, 0.5) is 0 Å². The van der Waals surface area contributed by atoms with Crippen LogP contribution in [-0.4, -0.2) is 33.6 Å². The van der Waals surface area contributed by atoms with E-state index in [0.717, 1.165) is 29.0 Å². The molecule has 1 aliphatic rings. The van der Waals surface area contributed by atoms with Gasteiger partial charge < -0.3 is 9.42 Å². The lowest BCUT2D eigenvalue weighted by Crippen LogP contribution is -2.34. The van der Waals surface area contributed by atoms with Gasteiger partial charge in [-0.2, -0.15) is 0 Å². The topological polar surface area (TPSA) is 46.3 Å². The smallest absolute Gasteiger partial charge is 0.229 e. The highest BCUT2D eigenvalue weighted by Gasteiger charge is 2.26. The Balaban J connectivity index is 1.82. The second-order valence-electron chi connectivity index (χ2n) is 4.36. The van der Waals surface area contributed by atoms with Gasteiger partial charge in [0.2, 0.25) is 5.91 Å². The average molecular weight is 262 g/mol. The summed E-state index contributed by atoms with van der Waals surface area (Å²) in [5, 5.41) is 5.21. The molecule has 0 radical (unpaired) electrons. The van der Waals surface area contributed by atoms with Gasteiger partial charge in [-0.1, -0.05) is 17.3 Å². The van der Waals surface area contributed by atoms with E-state index in [4.69, 9.17) is 4.52 Å². The minimum atomic E-state index is 0.131. The SMILES string of the molecule is CC1SCCN1C(=O)Cc1noc2ccccc12. The lowest BCUT2D eigenvalue weighted by molar-refractivity contribution is -0.130. The van der Waals surface area contributed by atoms with Gasteiger partial charge in [-0.05, 0) is 19.1 Å². The number of amides is 1. The van der Waals surface area contributed by atoms with Crippen LogP contribution in [0.25, 0.3) is 11.0 Å². The summed E-state index contributed by atoms with van der Waals surface area (Å²) in [7, 11) is 0. The first-order chi connectivity index (χ1) is 8.75. The van der Waals surface area contributed by atoms with Gasteiger partial charge in [0, 0.05) is 17.7 Å². The van der Waals surface area contributed by atoms with Crippen molar-refractivity contribution in [3.63, 3.8) is 0 Å². The number of aromatic nitrogens is 1. The first-order valence-corrected chi connectivity index (χ1v) is 7.05. The molecule has 94 valence electrons. The van der Waals surface area contributed by atoms with Crippen LogP contribution in [-0.2, 0) is 11.2 Å². The lowest BCUT2D eigenvalue weighted by Gasteiger charge is -2.19. The van der Waals surface area contributed by atoms with Gasteiger partial charge in [-0.25, -0.2) is 0 Å². The molecular formula is C13H14N2O2S. The third kappa shape index (κ3) is 1.99. The maximum absolute atomic E-state index is 12.2. The molecule has 2 heterocycles. The van der Waals surface area contributed by atoms with Crippen molar-refractivity contribution >= 4 is 28.6 Å². The van der Waals surface area contributed by atoms with E-state index in [-0.39, 0.29) is 11.3 Å². The zero-order chi connectivity index (χ0) is 12.5. The second-order valence-corrected chi connectivity index (χ2v) is 5.78. The molecule has 3 rings (SSSR count). The van der Waals surface area contributed by atoms with E-state index in [1.807, 2.05) is 40.9 Å². The van der Waals surface area contributed by atoms with Crippen LogP contribution in [0.1, 0.15) is 12.6 Å². The summed E-state index contributed by atoms with van der Waals surface area (Å²) < 4.78 is 5.21. The van der Waals surface area contributed by atoms with Gasteiger partial charge in [0.25, 0.3) is 0 Å². The largest absolute Gasteiger partial charge is 0.356 e. The molecule has 5 heteroatoms. The van der Waals surface area contributed by atoms with Gasteiger partial charge in [0.1, 0.15) is 5.69 Å². The average Bonchev–Trinajstić information content (AvgIpc) is 2.97. The molecule has 0 spiro atoms. The highest BCUT2D eigenvalue weighted by Crippen LogP contribution is 2.25. The predicted molar refractivity (Wildman–Crippen MR) is 71.3 cm³/mol. The normalized spacial score (nSPS) is 19.6. The summed E-state index contributed by atoms with van der Waals surface area (Å²) in [6.45, 7) is 2.90. The van der Waals surface area contributed by atoms with Crippen molar-refractivity contribution in [1.29, 1.82) is 0 Å². The van der Waals surface area contributed by atoms with E-state index < -0.39 is 0 Å². The number of carbonyl (C=O) groups excluding carboxylic acids is 1. The number of nitrogens with zero attached hydrogens (tertiary/aromatic N) is 2. The number of fused-ring (bicyclic) bond motifs is 1. The Morgan fingerprint density at radius 2 is 2.39 bits per heavy atom. The van der Waals surface area contributed by atoms with E-state index in [2.05, 4.69) is 12.1 Å². The summed E-state index contributed by atoms with van der Waals surface area (Å²) in [6, 6.07) is 7.64. The molecule has 1 atom stereocenters. The molecule has 1 fully saturated rings. The van der Waals surface area contributed by atoms with Gasteiger partial charge in [0.15, 0.2) is 5.58 Å². The van der Waals surface area contributed by atoms with E-state index in [1.165, 1.54) is 0 Å². The van der Waals surface area contributed by atoms with Crippen molar-refractivity contribution in [1.82, 2.24) is 10.1 Å². The summed E-state index contributed by atoms with van der Waals surface area (Å²) in [4.78, 5) is 14.1. The number of hydrogen-bond acceptors (Lipinski definition) is 4. The molecule has 2 aromatic rings. The fourth-order valence-corrected chi connectivity index (χ4v) is 3.28. The second kappa shape index (κ2) is 4.65. The molecule has 0 N–H and O–H groups in total. The number of thioether (sulfide) groups is 1. The van der Waals surface area contributed by atoms with Crippen molar-refractivity contribution in [2.75, 3.05) is 12.3 Å². The van der Waals surface area contributed by atoms with Gasteiger partial charge in [-0.3, -0.25) is 4.79 Å². The van der Waals surface area contributed by atoms with E-state index in [1.54, 1.807) is 0 Å². The van der Waals surface area contributed by atoms with Gasteiger partial charge in [-0.15, -0.1) is 11.8 Å². The van der Waals surface area contributed by atoms with E-state index >= 15 is 0 Å². The zero-order valence-corrected chi connectivity index (χ0v) is 10.9. The fraction of sp³-hybridized carbons (Fsp3) is 0.385. The quantitative estimate of drug-likeness (QED) is 0.833. The first-order valence-electron chi connectivity index (χ1n) is 6.00. The fourth-order valence-electron chi connectivity index (χ4n) is 2.23. The van der Waals surface area contributed by atoms with Crippen LogP contribution >= 0.6 is 11.8 Å². The molecule has 1 aromatic carbocycles. The minimum Gasteiger partial charge on any atom is -0.356 e. The third-order valence-corrected chi connectivity index (χ3v) is 4.38. The summed E-state index contributed by atoms with van der Waals surface area (Å²) >= 11 is 1.81. The Labute approximate surface area is 109 Å². The number of carbonyl (C=O) groups is 1. The van der Waals surface area contributed by atoms with Crippen LogP contribution in [0.2, 0.25) is 0 Å². The summed E-state index contributed by atoms with van der Waals surface area (Å²) in [5.41, 5.74) is 1.48. The Kier molecular flexibility index (Phi) is 2.99. The molecule has 0 saturated carbocycles. The molecule has 0 bridgehead atoms. The highest BCUT2D eigenvalue weighted by atomic mass is 32.2. The number of para-hydroxylation sites is 1. The molecule has 0 aliphatic carbocycles. The molecule has 4 nitrogen and oxygen atoms in total. The molecule has 1 amide bonds. The molecule has 1 aliphatic heterocycles. The van der Waals surface area contributed by atoms with Gasteiger partial charge >= 0.3 is 0 Å². The molecule has 1 unspecified atom stereocenters. The van der Waals surface area contributed by atoms with Crippen LogP contribution in [0.3, 0.4) is 0 Å². The minimum absolute atomic E-state index is 0.131. The Bertz CT molecular complexity index is 581. The van der Waals surface area contributed by atoms with Crippen molar-refractivity contribution in [2.24, 2.45) is 0 Å². The van der Waals surface area contributed by atoms with Crippen LogP contribution < -0.4 is 0 Å². The number of hydrogen-bond donors (Lipinski definition) is 0. The number of benzene rings is 1. The van der Waals surface area contributed by atoms with Crippen molar-refractivity contribution in [3.8, 4) is 0 Å². The van der Waals surface area contributed by atoms with Crippen molar-refractivity contribution in [3.05, 3.63) is 30.0 Å². The highest BCUT2D eigenvalue weighted by molar-refractivity contribution is 8.00. The van der Waals surface area contributed by atoms with Crippen molar-refractivity contribution in [2.45, 2.75) is 18.7 Å². The third-order valence-electron chi connectivity index (χ3n) is 3.22. The van der Waals surface area contributed by atoms with Crippen LogP contribution in [0.15, 0.2) is 28.8 Å². The van der Waals surface area contributed by atoms with E-state index in [0.29, 0.717) is 6.42 Å². The summed E-state index contributed by atoms with van der Waals surface area (Å²) in [6.07, 6.45) is 0.321. The lowest BCUT2D eigenvalue weighted by atomic mass is 10.1. The number of rotatable bonds is 2. The molecule has 18 heavy (non-hydrogen) atoms. The maximum Gasteiger partial charge on any atom is 0.229 e. The standard InChI is InChI=1S/C13H14N2O2S/c1-9-15(6-7-18-9)13(16)8-11-10-4-2-3-5-12(10)17-14-11/h2-5,9H,6-8H2,1H3. The molecule has 1 aromatic heterocycles. The van der Waals surface area contributed by atoms with E-state index in [9.17, 15) is 4.79 Å². The first kappa shape index (κ1) is 11.6. The summed E-state index contributed by atoms with van der Waals surface area (Å²) in [5.74, 6) is 1.15. The van der Waals surface area contributed by atoms with Crippen LogP contribution in [0.5, 0.6) is 0 Å². The maximum atomic E-state index is 12.2.